The lowest BCUT2D eigenvalue weighted by atomic mass is 10.2. The van der Waals surface area contributed by atoms with Crippen molar-refractivity contribution >= 4 is 26.6 Å². The highest BCUT2D eigenvalue weighted by Crippen LogP contribution is 2.15. The van der Waals surface area contributed by atoms with Crippen LogP contribution in [0, 0.1) is 0 Å². The number of para-hydroxylation sites is 1. The molecular formula is C11H12N2O3S. The van der Waals surface area contributed by atoms with E-state index in [1.165, 1.54) is 4.57 Å². The van der Waals surface area contributed by atoms with Crippen LogP contribution in [0.4, 0.5) is 5.69 Å². The van der Waals surface area contributed by atoms with Crippen LogP contribution in [0.15, 0.2) is 35.1 Å². The van der Waals surface area contributed by atoms with Crippen molar-refractivity contribution < 1.29 is 8.42 Å². The van der Waals surface area contributed by atoms with E-state index in [-0.39, 0.29) is 11.2 Å². The molecule has 0 amide bonds. The van der Waals surface area contributed by atoms with Crippen molar-refractivity contribution in [1.82, 2.24) is 4.57 Å². The Labute approximate surface area is 98.7 Å². The van der Waals surface area contributed by atoms with Gasteiger partial charge in [0, 0.05) is 12.4 Å². The number of sulfonamides is 1. The van der Waals surface area contributed by atoms with Gasteiger partial charge in [-0.3, -0.25) is 9.52 Å². The first-order valence-electron chi connectivity index (χ1n) is 4.95. The molecule has 0 spiro atoms. The van der Waals surface area contributed by atoms with Crippen LogP contribution < -0.4 is 10.3 Å². The third kappa shape index (κ3) is 2.31. The van der Waals surface area contributed by atoms with Gasteiger partial charge in [-0.1, -0.05) is 18.2 Å². The number of rotatable bonds is 2. The highest BCUT2D eigenvalue weighted by Gasteiger charge is 2.09. The third-order valence-corrected chi connectivity index (χ3v) is 3.02. The number of nitrogens with zero attached hydrogens (tertiary/aromatic N) is 1. The molecule has 5 nitrogen and oxygen atoms in total. The number of hydrogen-bond acceptors (Lipinski definition) is 3. The molecule has 17 heavy (non-hydrogen) atoms. The fraction of sp³-hybridized carbons (Fsp3) is 0.182. The minimum Gasteiger partial charge on any atom is -0.310 e. The zero-order valence-electron chi connectivity index (χ0n) is 9.47. The van der Waals surface area contributed by atoms with Crippen molar-refractivity contribution in [3.63, 3.8) is 0 Å². The molecule has 1 N–H and O–H groups in total. The van der Waals surface area contributed by atoms with Crippen molar-refractivity contribution in [2.75, 3.05) is 11.0 Å². The Bertz CT molecular complexity index is 732. The molecule has 1 heterocycles. The number of benzene rings is 1. The predicted molar refractivity (Wildman–Crippen MR) is 67.7 cm³/mol. The maximum Gasteiger partial charge on any atom is 0.275 e. The van der Waals surface area contributed by atoms with Gasteiger partial charge in [-0.2, -0.15) is 0 Å². The molecule has 1 aromatic carbocycles. The molecule has 0 fully saturated rings. The average molecular weight is 252 g/mol. The molecule has 0 radical (unpaired) electrons. The Morgan fingerprint density at radius 2 is 1.88 bits per heavy atom. The molecular weight excluding hydrogens is 240 g/mol. The van der Waals surface area contributed by atoms with Crippen molar-refractivity contribution in [2.24, 2.45) is 7.05 Å². The summed E-state index contributed by atoms with van der Waals surface area (Å²) >= 11 is 0. The Kier molecular flexibility index (Phi) is 2.66. The molecule has 2 aromatic rings. The number of aromatic nitrogens is 1. The highest BCUT2D eigenvalue weighted by atomic mass is 32.2. The molecule has 2 rings (SSSR count). The molecule has 0 bridgehead atoms. The standard InChI is InChI=1S/C11H12N2O3S/c1-13-10-6-4-3-5-8(10)7-9(11(13)14)12-17(2,15)16/h3-7,12H,1-2H3. The molecule has 90 valence electrons. The van der Waals surface area contributed by atoms with E-state index in [1.54, 1.807) is 19.2 Å². The number of aryl methyl sites for hydroxylation is 1. The van der Waals surface area contributed by atoms with E-state index in [2.05, 4.69) is 4.72 Å². The minimum atomic E-state index is -3.45. The van der Waals surface area contributed by atoms with Crippen LogP contribution in [0.1, 0.15) is 0 Å². The van der Waals surface area contributed by atoms with Crippen LogP contribution in [-0.2, 0) is 17.1 Å². The lowest BCUT2D eigenvalue weighted by Gasteiger charge is -2.09. The Morgan fingerprint density at radius 1 is 1.24 bits per heavy atom. The lowest BCUT2D eigenvalue weighted by molar-refractivity contribution is 0.606. The van der Waals surface area contributed by atoms with Gasteiger partial charge < -0.3 is 4.57 Å². The third-order valence-electron chi connectivity index (χ3n) is 2.43. The Morgan fingerprint density at radius 3 is 2.53 bits per heavy atom. The lowest BCUT2D eigenvalue weighted by Crippen LogP contribution is -2.23. The van der Waals surface area contributed by atoms with Crippen molar-refractivity contribution in [3.8, 4) is 0 Å². The smallest absolute Gasteiger partial charge is 0.275 e. The summed E-state index contributed by atoms with van der Waals surface area (Å²) in [5, 5.41) is 0.806. The zero-order valence-corrected chi connectivity index (χ0v) is 10.3. The van der Waals surface area contributed by atoms with E-state index < -0.39 is 10.0 Å². The maximum atomic E-state index is 11.9. The number of pyridine rings is 1. The monoisotopic (exact) mass is 252 g/mol. The Hall–Kier alpha value is -1.82. The van der Waals surface area contributed by atoms with Crippen LogP contribution >= 0.6 is 0 Å². The SMILES string of the molecule is Cn1c(=O)c(NS(C)(=O)=O)cc2ccccc21. The largest absolute Gasteiger partial charge is 0.310 e. The van der Waals surface area contributed by atoms with Crippen molar-refractivity contribution in [1.29, 1.82) is 0 Å². The number of nitrogens with one attached hydrogen (secondary N) is 1. The molecule has 6 heteroatoms. The molecule has 0 saturated carbocycles. The normalized spacial score (nSPS) is 11.6. The summed E-state index contributed by atoms with van der Waals surface area (Å²) in [5.41, 5.74) is 0.458. The summed E-state index contributed by atoms with van der Waals surface area (Å²) in [6.45, 7) is 0. The van der Waals surface area contributed by atoms with Crippen LogP contribution in [0.25, 0.3) is 10.9 Å². The summed E-state index contributed by atoms with van der Waals surface area (Å²) in [6, 6.07) is 8.82. The van der Waals surface area contributed by atoms with Gasteiger partial charge in [0.25, 0.3) is 5.56 Å². The van der Waals surface area contributed by atoms with Crippen molar-refractivity contribution in [3.05, 3.63) is 40.7 Å². The first kappa shape index (κ1) is 11.7. The second-order valence-corrected chi connectivity index (χ2v) is 5.60. The van der Waals surface area contributed by atoms with Crippen LogP contribution in [0.3, 0.4) is 0 Å². The van der Waals surface area contributed by atoms with Gasteiger partial charge >= 0.3 is 0 Å². The number of fused-ring (bicyclic) bond motifs is 1. The van der Waals surface area contributed by atoms with Gasteiger partial charge in [-0.25, -0.2) is 8.42 Å². The first-order chi connectivity index (χ1) is 7.88. The second kappa shape index (κ2) is 3.89. The van der Waals surface area contributed by atoms with Gasteiger partial charge in [0.15, 0.2) is 0 Å². The molecule has 1 aromatic heterocycles. The van der Waals surface area contributed by atoms with Gasteiger partial charge in [0.1, 0.15) is 5.69 Å². The highest BCUT2D eigenvalue weighted by molar-refractivity contribution is 7.92. The van der Waals surface area contributed by atoms with E-state index in [0.717, 1.165) is 17.2 Å². The Balaban J connectivity index is 2.75. The van der Waals surface area contributed by atoms with E-state index in [0.29, 0.717) is 0 Å². The number of hydrogen-bond donors (Lipinski definition) is 1. The fourth-order valence-corrected chi connectivity index (χ4v) is 2.24. The van der Waals surface area contributed by atoms with E-state index in [1.807, 2.05) is 18.2 Å². The molecule has 0 aliphatic carbocycles. The quantitative estimate of drug-likeness (QED) is 0.863. The minimum absolute atomic E-state index is 0.0636. The van der Waals surface area contributed by atoms with E-state index >= 15 is 0 Å². The summed E-state index contributed by atoms with van der Waals surface area (Å²) in [6.07, 6.45) is 1.02. The summed E-state index contributed by atoms with van der Waals surface area (Å²) < 4.78 is 25.9. The van der Waals surface area contributed by atoms with Crippen LogP contribution in [-0.4, -0.2) is 19.2 Å². The molecule has 0 saturated heterocycles. The van der Waals surface area contributed by atoms with Gasteiger partial charge in [0.05, 0.1) is 11.8 Å². The van der Waals surface area contributed by atoms with E-state index in [4.69, 9.17) is 0 Å². The number of anilines is 1. The fourth-order valence-electron chi connectivity index (χ4n) is 1.70. The topological polar surface area (TPSA) is 68.2 Å². The molecule has 0 aliphatic rings. The molecule has 0 aliphatic heterocycles. The van der Waals surface area contributed by atoms with Crippen molar-refractivity contribution in [2.45, 2.75) is 0 Å². The average Bonchev–Trinajstić information content (AvgIpc) is 2.24. The predicted octanol–water partition coefficient (Wildman–Crippen LogP) is 0.910. The first-order valence-corrected chi connectivity index (χ1v) is 6.84. The zero-order chi connectivity index (χ0) is 12.6. The van der Waals surface area contributed by atoms with Crippen LogP contribution in [0.2, 0.25) is 0 Å². The van der Waals surface area contributed by atoms with Gasteiger partial charge in [-0.15, -0.1) is 0 Å². The van der Waals surface area contributed by atoms with Gasteiger partial charge in [-0.05, 0) is 12.1 Å². The summed E-state index contributed by atoms with van der Waals surface area (Å²) in [4.78, 5) is 11.9. The van der Waals surface area contributed by atoms with Gasteiger partial charge in [0.2, 0.25) is 10.0 Å². The molecule has 0 atom stereocenters. The molecule has 0 unspecified atom stereocenters. The summed E-state index contributed by atoms with van der Waals surface area (Å²) in [5.74, 6) is 0. The second-order valence-electron chi connectivity index (χ2n) is 3.86. The van der Waals surface area contributed by atoms with E-state index in [9.17, 15) is 13.2 Å². The summed E-state index contributed by atoms with van der Waals surface area (Å²) in [7, 11) is -1.84. The van der Waals surface area contributed by atoms with Crippen LogP contribution in [0.5, 0.6) is 0 Å². The maximum absolute atomic E-state index is 11.9.